The molecule has 2 rings (SSSR count). The monoisotopic (exact) mass is 410 g/mol. The van der Waals surface area contributed by atoms with Gasteiger partial charge in [-0.15, -0.1) is 11.8 Å². The van der Waals surface area contributed by atoms with Gasteiger partial charge in [0.2, 0.25) is 15.9 Å². The van der Waals surface area contributed by atoms with Gasteiger partial charge in [-0.3, -0.25) is 9.10 Å². The molecule has 1 unspecified atom stereocenters. The summed E-state index contributed by atoms with van der Waals surface area (Å²) in [6.45, 7) is 2.08. The number of para-hydroxylation sites is 1. The van der Waals surface area contributed by atoms with Crippen LogP contribution >= 0.6 is 11.8 Å². The number of carbonyl (C=O) groups is 1. The van der Waals surface area contributed by atoms with E-state index in [1.807, 2.05) is 30.3 Å². The fourth-order valence-electron chi connectivity index (χ4n) is 2.64. The van der Waals surface area contributed by atoms with Crippen molar-refractivity contribution in [2.75, 3.05) is 22.9 Å². The number of benzene rings is 2. The van der Waals surface area contributed by atoms with E-state index in [9.17, 15) is 17.6 Å². The van der Waals surface area contributed by atoms with E-state index in [-0.39, 0.29) is 12.1 Å². The largest absolute Gasteiger partial charge is 0.353 e. The van der Waals surface area contributed by atoms with Gasteiger partial charge in [-0.05, 0) is 30.7 Å². The van der Waals surface area contributed by atoms with Crippen LogP contribution in [0.25, 0.3) is 0 Å². The number of nitrogens with zero attached hydrogens (tertiary/aromatic N) is 1. The molecule has 27 heavy (non-hydrogen) atoms. The molecule has 0 aliphatic carbocycles. The Morgan fingerprint density at radius 2 is 1.78 bits per heavy atom. The molecule has 0 aliphatic rings. The second-order valence-corrected chi connectivity index (χ2v) is 8.91. The van der Waals surface area contributed by atoms with E-state index in [4.69, 9.17) is 0 Å². The summed E-state index contributed by atoms with van der Waals surface area (Å²) in [5, 5.41) is 2.76. The SMILES string of the molecule is CCC(C(=O)NCCSc1ccccc1)N(c1ccccc1F)S(C)(=O)=O. The maximum Gasteiger partial charge on any atom is 0.243 e. The van der Waals surface area contributed by atoms with Gasteiger partial charge < -0.3 is 5.32 Å². The minimum atomic E-state index is -3.84. The molecule has 2 aromatic carbocycles. The second kappa shape index (κ2) is 9.75. The molecule has 1 amide bonds. The number of nitrogens with one attached hydrogen (secondary N) is 1. The third-order valence-corrected chi connectivity index (χ3v) is 6.01. The zero-order valence-electron chi connectivity index (χ0n) is 15.3. The quantitative estimate of drug-likeness (QED) is 0.509. The molecule has 0 radical (unpaired) electrons. The third-order valence-electron chi connectivity index (χ3n) is 3.83. The zero-order chi connectivity index (χ0) is 19.9. The van der Waals surface area contributed by atoms with E-state index in [2.05, 4.69) is 5.32 Å². The van der Waals surface area contributed by atoms with Crippen LogP contribution in [-0.2, 0) is 14.8 Å². The molecule has 2 aromatic rings. The number of hydrogen-bond acceptors (Lipinski definition) is 4. The summed E-state index contributed by atoms with van der Waals surface area (Å²) >= 11 is 1.59. The molecular formula is C19H23FN2O3S2. The first-order chi connectivity index (χ1) is 12.8. The molecule has 0 fully saturated rings. The maximum absolute atomic E-state index is 14.2. The Labute approximate surface area is 164 Å². The number of hydrogen-bond donors (Lipinski definition) is 1. The molecule has 0 bridgehead atoms. The molecule has 5 nitrogen and oxygen atoms in total. The van der Waals surface area contributed by atoms with Gasteiger partial charge in [-0.1, -0.05) is 37.3 Å². The molecule has 8 heteroatoms. The van der Waals surface area contributed by atoms with Crippen LogP contribution in [0.2, 0.25) is 0 Å². The number of carbonyl (C=O) groups excluding carboxylic acids is 1. The molecule has 0 aromatic heterocycles. The first-order valence-electron chi connectivity index (χ1n) is 8.54. The fraction of sp³-hybridized carbons (Fsp3) is 0.316. The standard InChI is InChI=1S/C19H23FN2O3S2/c1-3-17(19(23)21-13-14-26-15-9-5-4-6-10-15)22(27(2,24)25)18-12-8-7-11-16(18)20/h4-12,17H,3,13-14H2,1-2H3,(H,21,23). The van der Waals surface area contributed by atoms with E-state index in [0.717, 1.165) is 15.5 Å². The lowest BCUT2D eigenvalue weighted by Crippen LogP contribution is -2.50. The molecule has 0 heterocycles. The Morgan fingerprint density at radius 1 is 1.15 bits per heavy atom. The summed E-state index contributed by atoms with van der Waals surface area (Å²) in [5.74, 6) is -0.487. The average molecular weight is 411 g/mol. The van der Waals surface area contributed by atoms with Crippen molar-refractivity contribution in [1.82, 2.24) is 5.32 Å². The van der Waals surface area contributed by atoms with Gasteiger partial charge in [-0.25, -0.2) is 12.8 Å². The molecule has 0 saturated heterocycles. The first kappa shape index (κ1) is 21.2. The average Bonchev–Trinajstić information content (AvgIpc) is 2.64. The van der Waals surface area contributed by atoms with Gasteiger partial charge >= 0.3 is 0 Å². The van der Waals surface area contributed by atoms with Gasteiger partial charge in [0.15, 0.2) is 0 Å². The summed E-state index contributed by atoms with van der Waals surface area (Å²) in [7, 11) is -3.84. The number of thioether (sulfide) groups is 1. The van der Waals surface area contributed by atoms with Crippen molar-refractivity contribution < 1.29 is 17.6 Å². The molecule has 0 saturated carbocycles. The molecule has 1 N–H and O–H groups in total. The minimum absolute atomic E-state index is 0.124. The summed E-state index contributed by atoms with van der Waals surface area (Å²) in [6.07, 6.45) is 1.19. The fourth-order valence-corrected chi connectivity index (χ4v) is 4.65. The number of amides is 1. The Hall–Kier alpha value is -2.06. The van der Waals surface area contributed by atoms with Gasteiger partial charge in [0, 0.05) is 17.2 Å². The normalized spacial score (nSPS) is 12.4. The highest BCUT2D eigenvalue weighted by molar-refractivity contribution is 7.99. The minimum Gasteiger partial charge on any atom is -0.353 e. The number of halogens is 1. The highest BCUT2D eigenvalue weighted by atomic mass is 32.2. The van der Waals surface area contributed by atoms with Crippen molar-refractivity contribution in [2.45, 2.75) is 24.3 Å². The van der Waals surface area contributed by atoms with Gasteiger partial charge in [0.05, 0.1) is 11.9 Å². The van der Waals surface area contributed by atoms with Crippen LogP contribution in [0.15, 0.2) is 59.5 Å². The number of sulfonamides is 1. The van der Waals surface area contributed by atoms with E-state index in [1.165, 1.54) is 24.3 Å². The summed E-state index contributed by atoms with van der Waals surface area (Å²) in [5.41, 5.74) is -0.124. The third kappa shape index (κ3) is 5.97. The zero-order valence-corrected chi connectivity index (χ0v) is 16.9. The summed E-state index contributed by atoms with van der Waals surface area (Å²) in [4.78, 5) is 13.7. The highest BCUT2D eigenvalue weighted by Crippen LogP contribution is 2.25. The van der Waals surface area contributed by atoms with Crippen molar-refractivity contribution in [3.8, 4) is 0 Å². The topological polar surface area (TPSA) is 66.5 Å². The van der Waals surface area contributed by atoms with Crippen LogP contribution < -0.4 is 9.62 Å². The Bertz CT molecular complexity index is 860. The molecule has 0 spiro atoms. The molecule has 1 atom stereocenters. The Balaban J connectivity index is 2.07. The first-order valence-corrected chi connectivity index (χ1v) is 11.4. The van der Waals surface area contributed by atoms with Crippen LogP contribution in [0.5, 0.6) is 0 Å². The lowest BCUT2D eigenvalue weighted by atomic mass is 10.2. The van der Waals surface area contributed by atoms with Crippen molar-refractivity contribution in [3.63, 3.8) is 0 Å². The number of rotatable bonds is 9. The molecule has 146 valence electrons. The van der Waals surface area contributed by atoms with Gasteiger partial charge in [0.25, 0.3) is 0 Å². The van der Waals surface area contributed by atoms with Crippen LogP contribution in [0.3, 0.4) is 0 Å². The van der Waals surface area contributed by atoms with E-state index in [1.54, 1.807) is 18.7 Å². The van der Waals surface area contributed by atoms with Crippen LogP contribution in [0.1, 0.15) is 13.3 Å². The van der Waals surface area contributed by atoms with Crippen molar-refractivity contribution in [1.29, 1.82) is 0 Å². The summed E-state index contributed by atoms with van der Waals surface area (Å²) in [6, 6.07) is 14.3. The predicted molar refractivity (Wildman–Crippen MR) is 108 cm³/mol. The van der Waals surface area contributed by atoms with Crippen molar-refractivity contribution in [3.05, 3.63) is 60.4 Å². The van der Waals surface area contributed by atoms with Crippen LogP contribution in [0.4, 0.5) is 10.1 Å². The lowest BCUT2D eigenvalue weighted by Gasteiger charge is -2.30. The smallest absolute Gasteiger partial charge is 0.243 e. The Kier molecular flexibility index (Phi) is 7.67. The van der Waals surface area contributed by atoms with Crippen molar-refractivity contribution >= 4 is 33.4 Å². The molecular weight excluding hydrogens is 387 g/mol. The second-order valence-electron chi connectivity index (χ2n) is 5.89. The Morgan fingerprint density at radius 3 is 2.37 bits per heavy atom. The van der Waals surface area contributed by atoms with E-state index < -0.39 is 27.8 Å². The van der Waals surface area contributed by atoms with Gasteiger partial charge in [0.1, 0.15) is 11.9 Å². The summed E-state index contributed by atoms with van der Waals surface area (Å²) < 4.78 is 39.6. The number of anilines is 1. The lowest BCUT2D eigenvalue weighted by molar-refractivity contribution is -0.122. The van der Waals surface area contributed by atoms with Crippen LogP contribution in [0, 0.1) is 5.82 Å². The predicted octanol–water partition coefficient (Wildman–Crippen LogP) is 3.28. The van der Waals surface area contributed by atoms with E-state index in [0.29, 0.717) is 12.3 Å². The highest BCUT2D eigenvalue weighted by Gasteiger charge is 2.32. The van der Waals surface area contributed by atoms with Crippen LogP contribution in [-0.4, -0.2) is 38.9 Å². The molecule has 0 aliphatic heterocycles. The van der Waals surface area contributed by atoms with Gasteiger partial charge in [-0.2, -0.15) is 0 Å². The van der Waals surface area contributed by atoms with Crippen molar-refractivity contribution in [2.24, 2.45) is 0 Å². The maximum atomic E-state index is 14.2. The van der Waals surface area contributed by atoms with E-state index >= 15 is 0 Å².